The number of carbonyl (C=O) groups is 2. The SMILES string of the molecule is COc1ccccc1N1CCN(CNC(=O)C2(c3ccccc3F)CCCC2)CC1.COc1ccccc1N1CCNCC1.O=C(NCCl)C1(c2ccccc2F)CCCC1. The Morgan fingerprint density at radius 1 is 0.607 bits per heavy atom. The van der Waals surface area contributed by atoms with Gasteiger partial charge in [-0.15, -0.1) is 11.6 Å². The first kappa shape index (κ1) is 45.6. The molecular formula is C48H61ClF2N6O4. The molecule has 2 aliphatic carbocycles. The van der Waals surface area contributed by atoms with Crippen LogP contribution in [0.25, 0.3) is 0 Å². The van der Waals surface area contributed by atoms with E-state index in [2.05, 4.69) is 48.8 Å². The van der Waals surface area contributed by atoms with E-state index in [0.717, 1.165) is 95.2 Å². The van der Waals surface area contributed by atoms with E-state index in [1.54, 1.807) is 44.6 Å². The van der Waals surface area contributed by atoms with Crippen LogP contribution in [0.1, 0.15) is 62.5 Å². The van der Waals surface area contributed by atoms with Crippen LogP contribution in [0.2, 0.25) is 0 Å². The molecule has 13 heteroatoms. The normalized spacial score (nSPS) is 18.2. The number of alkyl halides is 1. The number of nitrogens with zero attached hydrogens (tertiary/aromatic N) is 3. The van der Waals surface area contributed by atoms with Crippen molar-refractivity contribution in [3.8, 4) is 11.5 Å². The molecular weight excluding hydrogens is 798 g/mol. The molecule has 2 amide bonds. The van der Waals surface area contributed by atoms with Gasteiger partial charge >= 0.3 is 0 Å². The predicted molar refractivity (Wildman–Crippen MR) is 240 cm³/mol. The Morgan fingerprint density at radius 3 is 1.46 bits per heavy atom. The molecule has 0 bridgehead atoms. The number of rotatable bonds is 11. The van der Waals surface area contributed by atoms with E-state index in [4.69, 9.17) is 21.1 Å². The van der Waals surface area contributed by atoms with Crippen LogP contribution in [-0.2, 0) is 20.4 Å². The molecule has 61 heavy (non-hydrogen) atoms. The second kappa shape index (κ2) is 22.3. The molecule has 0 unspecified atom stereocenters. The molecule has 2 heterocycles. The van der Waals surface area contributed by atoms with E-state index in [0.29, 0.717) is 43.5 Å². The average Bonchev–Trinajstić information content (AvgIpc) is 4.02. The van der Waals surface area contributed by atoms with E-state index >= 15 is 0 Å². The van der Waals surface area contributed by atoms with Gasteiger partial charge in [-0.3, -0.25) is 14.5 Å². The maximum Gasteiger partial charge on any atom is 0.231 e. The highest BCUT2D eigenvalue weighted by Crippen LogP contribution is 2.43. The zero-order chi connectivity index (χ0) is 43.1. The quantitative estimate of drug-likeness (QED) is 0.105. The van der Waals surface area contributed by atoms with Crippen LogP contribution in [0.15, 0.2) is 97.1 Å². The molecule has 0 aromatic heterocycles. The summed E-state index contributed by atoms with van der Waals surface area (Å²) >= 11 is 5.54. The summed E-state index contributed by atoms with van der Waals surface area (Å²) in [5.41, 5.74) is 1.90. The van der Waals surface area contributed by atoms with Crippen molar-refractivity contribution in [3.05, 3.63) is 120 Å². The second-order valence-electron chi connectivity index (χ2n) is 16.0. The number of para-hydroxylation sites is 4. The number of benzene rings is 4. The highest BCUT2D eigenvalue weighted by atomic mass is 35.5. The van der Waals surface area contributed by atoms with Crippen molar-refractivity contribution in [2.24, 2.45) is 0 Å². The topological polar surface area (TPSA) is 98.4 Å². The van der Waals surface area contributed by atoms with Gasteiger partial charge in [-0.25, -0.2) is 8.78 Å². The Labute approximate surface area is 364 Å². The Kier molecular flexibility index (Phi) is 16.6. The van der Waals surface area contributed by atoms with Gasteiger partial charge in [0.1, 0.15) is 23.1 Å². The Balaban J connectivity index is 0.000000169. The first-order valence-electron chi connectivity index (χ1n) is 21.6. The summed E-state index contributed by atoms with van der Waals surface area (Å²) < 4.78 is 39.2. The molecule has 328 valence electrons. The van der Waals surface area contributed by atoms with Crippen LogP contribution in [0, 0.1) is 11.6 Å². The van der Waals surface area contributed by atoms with Crippen LogP contribution in [0.4, 0.5) is 20.2 Å². The van der Waals surface area contributed by atoms with Gasteiger partial charge in [0.2, 0.25) is 11.8 Å². The van der Waals surface area contributed by atoms with Crippen molar-refractivity contribution in [3.63, 3.8) is 0 Å². The molecule has 2 saturated heterocycles. The third kappa shape index (κ3) is 10.9. The number of hydrogen-bond acceptors (Lipinski definition) is 8. The summed E-state index contributed by atoms with van der Waals surface area (Å²) in [6, 6.07) is 29.6. The van der Waals surface area contributed by atoms with E-state index in [1.807, 2.05) is 36.4 Å². The lowest BCUT2D eigenvalue weighted by Gasteiger charge is -2.37. The fourth-order valence-corrected chi connectivity index (χ4v) is 9.43. The molecule has 0 atom stereocenters. The maximum absolute atomic E-state index is 14.5. The minimum atomic E-state index is -0.732. The van der Waals surface area contributed by atoms with Crippen LogP contribution in [0.5, 0.6) is 11.5 Å². The monoisotopic (exact) mass is 858 g/mol. The van der Waals surface area contributed by atoms with Crippen LogP contribution >= 0.6 is 11.6 Å². The number of halogens is 3. The van der Waals surface area contributed by atoms with Gasteiger partial charge in [0.25, 0.3) is 0 Å². The molecule has 10 nitrogen and oxygen atoms in total. The van der Waals surface area contributed by atoms with Crippen LogP contribution in [0.3, 0.4) is 0 Å². The molecule has 4 aromatic carbocycles. The Morgan fingerprint density at radius 2 is 1.02 bits per heavy atom. The molecule has 8 rings (SSSR count). The van der Waals surface area contributed by atoms with Gasteiger partial charge in [0.05, 0.1) is 49.1 Å². The average molecular weight is 860 g/mol. The van der Waals surface area contributed by atoms with Gasteiger partial charge in [-0.1, -0.05) is 86.3 Å². The molecule has 2 saturated carbocycles. The first-order chi connectivity index (χ1) is 29.8. The number of nitrogens with one attached hydrogen (secondary N) is 3. The lowest BCUT2D eigenvalue weighted by molar-refractivity contribution is -0.127. The van der Waals surface area contributed by atoms with Gasteiger partial charge in [-0.05, 0) is 62.1 Å². The number of amides is 2. The molecule has 0 radical (unpaired) electrons. The lowest BCUT2D eigenvalue weighted by atomic mass is 9.77. The standard InChI is InChI=1S/C24H30FN3O2.C13H15ClFNO.C11H16N2O/c1-30-22-11-5-4-10-21(22)28-16-14-27(15-17-28)18-26-23(29)24(12-6-7-13-24)19-8-2-3-9-20(19)25;14-9-16-12(17)13(7-3-4-8-13)10-5-1-2-6-11(10)15;1-14-11-5-3-2-4-10(11)13-8-6-12-7-9-13/h2-5,8-11H,6-7,12-18H2,1H3,(H,26,29);1-2,5-6H,3-4,7-9H2,(H,16,17);2-5,12H,6-9H2,1H3. The molecule has 3 N–H and O–H groups in total. The smallest absolute Gasteiger partial charge is 0.231 e. The molecule has 2 aliphatic heterocycles. The van der Waals surface area contributed by atoms with Crippen molar-refractivity contribution in [2.75, 3.05) is 89.1 Å². The zero-order valence-electron chi connectivity index (χ0n) is 35.6. The van der Waals surface area contributed by atoms with E-state index in [1.165, 1.54) is 17.8 Å². The summed E-state index contributed by atoms with van der Waals surface area (Å²) in [7, 11) is 3.42. The Hall–Kier alpha value is -4.91. The van der Waals surface area contributed by atoms with Gasteiger partial charge in [0.15, 0.2) is 0 Å². The number of hydrogen-bond donors (Lipinski definition) is 3. The van der Waals surface area contributed by atoms with E-state index in [-0.39, 0.29) is 29.5 Å². The van der Waals surface area contributed by atoms with Gasteiger partial charge < -0.3 is 35.2 Å². The van der Waals surface area contributed by atoms with E-state index in [9.17, 15) is 18.4 Å². The van der Waals surface area contributed by atoms with Crippen LogP contribution < -0.4 is 35.2 Å². The summed E-state index contributed by atoms with van der Waals surface area (Å²) in [5.74, 6) is 1.06. The van der Waals surface area contributed by atoms with Crippen LogP contribution in [-0.4, -0.2) is 96.0 Å². The van der Waals surface area contributed by atoms with Crippen molar-refractivity contribution in [1.82, 2.24) is 20.9 Å². The summed E-state index contributed by atoms with van der Waals surface area (Å²) in [5, 5.41) is 9.07. The number of carbonyl (C=O) groups excluding carboxylic acids is 2. The minimum absolute atomic E-state index is 0.0442. The highest BCUT2D eigenvalue weighted by molar-refractivity contribution is 6.18. The summed E-state index contributed by atoms with van der Waals surface area (Å²) in [6.45, 7) is 8.16. The Bertz CT molecular complexity index is 2010. The number of anilines is 2. The maximum atomic E-state index is 14.5. The summed E-state index contributed by atoms with van der Waals surface area (Å²) in [4.78, 5) is 32.3. The lowest BCUT2D eigenvalue weighted by Crippen LogP contribution is -2.52. The minimum Gasteiger partial charge on any atom is -0.495 e. The van der Waals surface area contributed by atoms with Crippen molar-refractivity contribution < 1.29 is 27.8 Å². The fraction of sp³-hybridized carbons (Fsp3) is 0.458. The predicted octanol–water partition coefficient (Wildman–Crippen LogP) is 7.60. The van der Waals surface area contributed by atoms with Crippen molar-refractivity contribution >= 4 is 34.8 Å². The van der Waals surface area contributed by atoms with Crippen molar-refractivity contribution in [1.29, 1.82) is 0 Å². The van der Waals surface area contributed by atoms with Crippen molar-refractivity contribution in [2.45, 2.75) is 62.2 Å². The highest BCUT2D eigenvalue weighted by Gasteiger charge is 2.45. The molecule has 0 spiro atoms. The second-order valence-corrected chi connectivity index (χ2v) is 16.3. The molecule has 4 fully saturated rings. The molecule has 4 aromatic rings. The number of methoxy groups -OCH3 is 2. The summed E-state index contributed by atoms with van der Waals surface area (Å²) in [6.07, 6.45) is 6.61. The largest absolute Gasteiger partial charge is 0.495 e. The number of ether oxygens (including phenoxy) is 2. The third-order valence-electron chi connectivity index (χ3n) is 12.6. The van der Waals surface area contributed by atoms with Gasteiger partial charge in [0, 0.05) is 63.5 Å². The van der Waals surface area contributed by atoms with Gasteiger partial charge in [-0.2, -0.15) is 0 Å². The fourth-order valence-electron chi connectivity index (χ4n) is 9.31. The first-order valence-corrected chi connectivity index (χ1v) is 22.1. The number of piperazine rings is 2. The van der Waals surface area contributed by atoms with E-state index < -0.39 is 10.8 Å². The third-order valence-corrected chi connectivity index (χ3v) is 12.7. The zero-order valence-corrected chi connectivity index (χ0v) is 36.3. The molecule has 4 aliphatic rings.